The Kier molecular flexibility index (Phi) is 3.67. The van der Waals surface area contributed by atoms with Crippen LogP contribution >= 0.6 is 0 Å². The SMILES string of the molecule is NS(=O)(=O)c1ccc(N/N=C2/C(=O)Nc3ccc4ncccc4c32)cc1. The Hall–Kier alpha value is -3.30. The van der Waals surface area contributed by atoms with Gasteiger partial charge in [0.1, 0.15) is 0 Å². The number of rotatable bonds is 3. The van der Waals surface area contributed by atoms with Crippen molar-refractivity contribution in [2.24, 2.45) is 10.2 Å². The number of hydrogen-bond donors (Lipinski definition) is 3. The summed E-state index contributed by atoms with van der Waals surface area (Å²) in [6.07, 6.45) is 1.68. The molecule has 3 aromatic rings. The van der Waals surface area contributed by atoms with Gasteiger partial charge in [-0.2, -0.15) is 5.10 Å². The second-order valence-electron chi connectivity index (χ2n) is 5.65. The van der Waals surface area contributed by atoms with E-state index in [1.54, 1.807) is 18.3 Å². The number of nitrogens with zero attached hydrogens (tertiary/aromatic N) is 2. The molecule has 1 aliphatic heterocycles. The zero-order valence-electron chi connectivity index (χ0n) is 13.3. The summed E-state index contributed by atoms with van der Waals surface area (Å²) in [5.74, 6) is -0.329. The van der Waals surface area contributed by atoms with Gasteiger partial charge in [0.25, 0.3) is 5.91 Å². The highest BCUT2D eigenvalue weighted by Gasteiger charge is 2.28. The van der Waals surface area contributed by atoms with Crippen molar-refractivity contribution in [1.82, 2.24) is 4.98 Å². The van der Waals surface area contributed by atoms with Gasteiger partial charge in [0.15, 0.2) is 5.71 Å². The number of anilines is 2. The number of sulfonamides is 1. The molecule has 9 heteroatoms. The Bertz CT molecular complexity index is 1170. The topological polar surface area (TPSA) is 127 Å². The highest BCUT2D eigenvalue weighted by atomic mass is 32.2. The molecular weight excluding hydrogens is 354 g/mol. The third-order valence-electron chi connectivity index (χ3n) is 3.96. The molecule has 0 unspecified atom stereocenters. The van der Waals surface area contributed by atoms with Crippen LogP contribution in [0.2, 0.25) is 0 Å². The number of primary sulfonamides is 1. The predicted octanol–water partition coefficient (Wildman–Crippen LogP) is 1.65. The quantitative estimate of drug-likeness (QED) is 0.607. The van der Waals surface area contributed by atoms with Crippen molar-refractivity contribution in [3.8, 4) is 0 Å². The molecule has 8 nitrogen and oxygen atoms in total. The van der Waals surface area contributed by atoms with Gasteiger partial charge in [-0.05, 0) is 42.5 Å². The van der Waals surface area contributed by atoms with E-state index in [4.69, 9.17) is 5.14 Å². The zero-order valence-corrected chi connectivity index (χ0v) is 14.1. The third-order valence-corrected chi connectivity index (χ3v) is 4.89. The number of fused-ring (bicyclic) bond motifs is 3. The van der Waals surface area contributed by atoms with Crippen LogP contribution in [-0.4, -0.2) is 25.0 Å². The van der Waals surface area contributed by atoms with E-state index in [1.807, 2.05) is 12.1 Å². The Morgan fingerprint density at radius 1 is 1.08 bits per heavy atom. The summed E-state index contributed by atoms with van der Waals surface area (Å²) in [6.45, 7) is 0. The van der Waals surface area contributed by atoms with Gasteiger partial charge >= 0.3 is 0 Å². The summed E-state index contributed by atoms with van der Waals surface area (Å²) < 4.78 is 22.6. The van der Waals surface area contributed by atoms with Crippen LogP contribution in [0, 0.1) is 0 Å². The fraction of sp³-hybridized carbons (Fsp3) is 0. The normalized spacial score (nSPS) is 15.1. The molecule has 1 aliphatic rings. The van der Waals surface area contributed by atoms with Crippen LogP contribution in [-0.2, 0) is 14.8 Å². The molecular formula is C17H13N5O3S. The molecule has 0 saturated heterocycles. The van der Waals surface area contributed by atoms with Crippen molar-refractivity contribution in [3.05, 3.63) is 60.3 Å². The second-order valence-corrected chi connectivity index (χ2v) is 7.22. The number of nitrogens with one attached hydrogen (secondary N) is 2. The minimum atomic E-state index is -3.76. The molecule has 2 aromatic carbocycles. The largest absolute Gasteiger partial charge is 0.320 e. The lowest BCUT2D eigenvalue weighted by Gasteiger charge is -2.05. The number of hydrogen-bond acceptors (Lipinski definition) is 6. The standard InChI is InChI=1S/C17H13N5O3S/c18-26(24,25)11-5-3-10(4-6-11)21-22-16-15-12-2-1-9-19-13(12)7-8-14(15)20-17(16)23/h1-9,21H,(H2,18,24,25)(H,20,22,23). The van der Waals surface area contributed by atoms with E-state index in [2.05, 4.69) is 20.8 Å². The fourth-order valence-electron chi connectivity index (χ4n) is 2.75. The molecule has 0 atom stereocenters. The molecule has 26 heavy (non-hydrogen) atoms. The number of benzene rings is 2. The maximum Gasteiger partial charge on any atom is 0.276 e. The first kappa shape index (κ1) is 16.2. The number of hydrazone groups is 1. The second kappa shape index (κ2) is 5.90. The molecule has 4 rings (SSSR count). The summed E-state index contributed by atoms with van der Waals surface area (Å²) in [5.41, 5.74) is 5.62. The number of carbonyl (C=O) groups excluding carboxylic acids is 1. The summed E-state index contributed by atoms with van der Waals surface area (Å²) in [7, 11) is -3.76. The molecule has 0 aliphatic carbocycles. The number of nitrogens with two attached hydrogens (primary N) is 1. The maximum absolute atomic E-state index is 12.3. The van der Waals surface area contributed by atoms with Gasteiger partial charge in [0, 0.05) is 17.1 Å². The van der Waals surface area contributed by atoms with Gasteiger partial charge in [-0.15, -0.1) is 0 Å². The van der Waals surface area contributed by atoms with E-state index in [1.165, 1.54) is 24.3 Å². The van der Waals surface area contributed by atoms with E-state index in [9.17, 15) is 13.2 Å². The van der Waals surface area contributed by atoms with Crippen molar-refractivity contribution in [1.29, 1.82) is 0 Å². The van der Waals surface area contributed by atoms with Crippen LogP contribution in [0.15, 0.2) is 64.7 Å². The molecule has 0 saturated carbocycles. The molecule has 4 N–H and O–H groups in total. The van der Waals surface area contributed by atoms with Crippen molar-refractivity contribution in [3.63, 3.8) is 0 Å². The molecule has 2 heterocycles. The smallest absolute Gasteiger partial charge is 0.276 e. The van der Waals surface area contributed by atoms with Crippen LogP contribution in [0.4, 0.5) is 11.4 Å². The molecule has 0 bridgehead atoms. The Balaban J connectivity index is 1.71. The van der Waals surface area contributed by atoms with Gasteiger partial charge in [0.05, 0.1) is 21.8 Å². The van der Waals surface area contributed by atoms with E-state index < -0.39 is 10.0 Å². The highest BCUT2D eigenvalue weighted by Crippen LogP contribution is 2.30. The first-order chi connectivity index (χ1) is 12.4. The lowest BCUT2D eigenvalue weighted by atomic mass is 10.0. The van der Waals surface area contributed by atoms with Crippen molar-refractivity contribution >= 4 is 43.9 Å². The monoisotopic (exact) mass is 367 g/mol. The fourth-order valence-corrected chi connectivity index (χ4v) is 3.27. The first-order valence-corrected chi connectivity index (χ1v) is 9.14. The molecule has 1 amide bonds. The van der Waals surface area contributed by atoms with Gasteiger partial charge < -0.3 is 5.32 Å². The average molecular weight is 367 g/mol. The van der Waals surface area contributed by atoms with Gasteiger partial charge in [0.2, 0.25) is 10.0 Å². The summed E-state index contributed by atoms with van der Waals surface area (Å²) in [6, 6.07) is 13.0. The lowest BCUT2D eigenvalue weighted by molar-refractivity contribution is -0.110. The van der Waals surface area contributed by atoms with Crippen molar-refractivity contribution in [2.45, 2.75) is 4.90 Å². The third kappa shape index (κ3) is 2.79. The van der Waals surface area contributed by atoms with E-state index >= 15 is 0 Å². The van der Waals surface area contributed by atoms with Crippen LogP contribution in [0.25, 0.3) is 10.9 Å². The van der Waals surface area contributed by atoms with Crippen molar-refractivity contribution in [2.75, 3.05) is 10.7 Å². The van der Waals surface area contributed by atoms with Gasteiger partial charge in [-0.1, -0.05) is 6.07 Å². The van der Waals surface area contributed by atoms with Crippen LogP contribution in [0.5, 0.6) is 0 Å². The van der Waals surface area contributed by atoms with Crippen molar-refractivity contribution < 1.29 is 13.2 Å². The number of amides is 1. The maximum atomic E-state index is 12.3. The van der Waals surface area contributed by atoms with E-state index in [0.717, 1.165) is 10.9 Å². The minimum Gasteiger partial charge on any atom is -0.320 e. The van der Waals surface area contributed by atoms with Crippen LogP contribution in [0.1, 0.15) is 5.56 Å². The number of pyridine rings is 1. The number of carbonyl (C=O) groups is 1. The van der Waals surface area contributed by atoms with Gasteiger partial charge in [-0.25, -0.2) is 13.6 Å². The Labute approximate surface area is 148 Å². The van der Waals surface area contributed by atoms with Crippen LogP contribution in [0.3, 0.4) is 0 Å². The summed E-state index contributed by atoms with van der Waals surface area (Å²) >= 11 is 0. The molecule has 0 fully saturated rings. The molecule has 0 radical (unpaired) electrons. The number of aromatic nitrogens is 1. The molecule has 130 valence electrons. The van der Waals surface area contributed by atoms with Crippen LogP contribution < -0.4 is 15.9 Å². The first-order valence-electron chi connectivity index (χ1n) is 7.59. The lowest BCUT2D eigenvalue weighted by Crippen LogP contribution is -2.16. The minimum absolute atomic E-state index is 0.00303. The highest BCUT2D eigenvalue weighted by molar-refractivity contribution is 7.89. The predicted molar refractivity (Wildman–Crippen MR) is 98.3 cm³/mol. The average Bonchev–Trinajstić information content (AvgIpc) is 2.95. The van der Waals surface area contributed by atoms with Gasteiger partial charge in [-0.3, -0.25) is 15.2 Å². The molecule has 0 spiro atoms. The summed E-state index contributed by atoms with van der Waals surface area (Å²) in [4.78, 5) is 16.6. The summed E-state index contributed by atoms with van der Waals surface area (Å²) in [5, 5.41) is 12.9. The van der Waals surface area contributed by atoms with E-state index in [-0.39, 0.29) is 16.5 Å². The molecule has 1 aromatic heterocycles. The zero-order chi connectivity index (χ0) is 18.3. The Morgan fingerprint density at radius 3 is 2.58 bits per heavy atom. The van der Waals surface area contributed by atoms with E-state index in [0.29, 0.717) is 16.9 Å². The Morgan fingerprint density at radius 2 is 1.85 bits per heavy atom.